The van der Waals surface area contributed by atoms with Gasteiger partial charge in [0.2, 0.25) is 5.95 Å². The molecule has 0 spiro atoms. The molecule has 0 aliphatic heterocycles. The lowest BCUT2D eigenvalue weighted by molar-refractivity contribution is -0.137. The molecule has 7 heteroatoms. The summed E-state index contributed by atoms with van der Waals surface area (Å²) in [6, 6.07) is 0. The van der Waals surface area contributed by atoms with E-state index < -0.39 is 12.6 Å². The predicted octanol–water partition coefficient (Wildman–Crippen LogP) is 0.813. The summed E-state index contributed by atoms with van der Waals surface area (Å²) in [7, 11) is 0. The molecule has 0 fully saturated rings. The Morgan fingerprint density at radius 3 is 2.58 bits per heavy atom. The highest BCUT2D eigenvalue weighted by Gasteiger charge is 2.26. The van der Waals surface area contributed by atoms with Crippen molar-refractivity contribution in [2.24, 2.45) is 0 Å². The fourth-order valence-electron chi connectivity index (χ4n) is 0.658. The zero-order valence-corrected chi connectivity index (χ0v) is 6.04. The normalized spacial score (nSPS) is 11.9. The first-order valence-electron chi connectivity index (χ1n) is 3.19. The van der Waals surface area contributed by atoms with E-state index >= 15 is 0 Å². The van der Waals surface area contributed by atoms with Gasteiger partial charge in [0, 0.05) is 0 Å². The van der Waals surface area contributed by atoms with Crippen molar-refractivity contribution < 1.29 is 13.2 Å². The van der Waals surface area contributed by atoms with E-state index in [0.29, 0.717) is 0 Å². The van der Waals surface area contributed by atoms with E-state index in [4.69, 9.17) is 5.73 Å². The monoisotopic (exact) mass is 180 g/mol. The molecule has 0 atom stereocenters. The number of aromatic nitrogens is 3. The summed E-state index contributed by atoms with van der Waals surface area (Å²) in [4.78, 5) is 3.48. The molecule has 0 aromatic carbocycles. The Bertz CT molecular complexity index is 253. The largest absolute Gasteiger partial charge is 0.390 e. The van der Waals surface area contributed by atoms with Crippen molar-refractivity contribution in [1.82, 2.24) is 14.8 Å². The minimum Gasteiger partial charge on any atom is -0.367 e. The van der Waals surface area contributed by atoms with Crippen molar-refractivity contribution in [2.75, 3.05) is 5.73 Å². The van der Waals surface area contributed by atoms with E-state index in [1.165, 1.54) is 6.33 Å². The summed E-state index contributed by atoms with van der Waals surface area (Å²) in [5.41, 5.74) is 5.09. The highest BCUT2D eigenvalue weighted by Crippen LogP contribution is 2.19. The van der Waals surface area contributed by atoms with Crippen LogP contribution < -0.4 is 5.73 Å². The summed E-state index contributed by atoms with van der Waals surface area (Å²) < 4.78 is 36.0. The number of hydrogen-bond donors (Lipinski definition) is 1. The number of nitrogen functional groups attached to an aromatic ring is 1. The van der Waals surface area contributed by atoms with Crippen molar-refractivity contribution in [1.29, 1.82) is 0 Å². The van der Waals surface area contributed by atoms with Gasteiger partial charge in [0.25, 0.3) is 0 Å². The molecule has 1 heterocycles. The number of anilines is 1. The van der Waals surface area contributed by atoms with Gasteiger partial charge in [0.1, 0.15) is 6.33 Å². The van der Waals surface area contributed by atoms with Gasteiger partial charge < -0.3 is 5.73 Å². The molecule has 0 aliphatic carbocycles. The molecule has 1 aromatic heterocycles. The number of hydrogen-bond acceptors (Lipinski definition) is 3. The first-order chi connectivity index (χ1) is 5.47. The van der Waals surface area contributed by atoms with Gasteiger partial charge in [0.05, 0.1) is 13.0 Å². The predicted molar refractivity (Wildman–Crippen MR) is 35.1 cm³/mol. The molecule has 2 N–H and O–H groups in total. The van der Waals surface area contributed by atoms with Crippen LogP contribution in [-0.4, -0.2) is 20.9 Å². The van der Waals surface area contributed by atoms with Crippen molar-refractivity contribution in [3.8, 4) is 0 Å². The second kappa shape index (κ2) is 3.00. The smallest absolute Gasteiger partial charge is 0.367 e. The maximum absolute atomic E-state index is 11.7. The average Bonchev–Trinajstić information content (AvgIpc) is 2.30. The molecule has 0 bridgehead atoms. The molecule has 0 unspecified atom stereocenters. The van der Waals surface area contributed by atoms with Gasteiger partial charge in [-0.05, 0) is 0 Å². The third kappa shape index (κ3) is 2.77. The first kappa shape index (κ1) is 8.82. The van der Waals surface area contributed by atoms with Crippen molar-refractivity contribution in [3.63, 3.8) is 0 Å². The second-order valence-corrected chi connectivity index (χ2v) is 2.23. The van der Waals surface area contributed by atoms with Crippen LogP contribution in [-0.2, 0) is 6.54 Å². The Balaban J connectivity index is 2.44. The highest BCUT2D eigenvalue weighted by atomic mass is 19.4. The minimum absolute atomic E-state index is 0.0165. The van der Waals surface area contributed by atoms with E-state index in [1.54, 1.807) is 0 Å². The lowest BCUT2D eigenvalue weighted by Gasteiger charge is -2.04. The summed E-state index contributed by atoms with van der Waals surface area (Å²) in [5, 5.41) is 3.50. The molecule has 68 valence electrons. The van der Waals surface area contributed by atoms with Crippen LogP contribution in [0, 0.1) is 0 Å². The van der Waals surface area contributed by atoms with Gasteiger partial charge in [-0.3, -0.25) is 4.68 Å². The summed E-state index contributed by atoms with van der Waals surface area (Å²) in [6.45, 7) is -0.242. The van der Waals surface area contributed by atoms with Gasteiger partial charge in [-0.15, -0.1) is 5.10 Å². The standard InChI is InChI=1S/C5H7F3N4/c6-5(7,8)1-2-12-3-10-4(9)11-12/h3H,1-2H2,(H2,9,11). The number of nitrogens with two attached hydrogens (primary N) is 1. The van der Waals surface area contributed by atoms with Gasteiger partial charge in [-0.25, -0.2) is 4.98 Å². The summed E-state index contributed by atoms with van der Waals surface area (Å²) >= 11 is 0. The molecule has 0 saturated heterocycles. The van der Waals surface area contributed by atoms with Gasteiger partial charge >= 0.3 is 6.18 Å². The van der Waals surface area contributed by atoms with Crippen LogP contribution >= 0.6 is 0 Å². The Hall–Kier alpha value is -1.27. The second-order valence-electron chi connectivity index (χ2n) is 2.23. The fraction of sp³-hybridized carbons (Fsp3) is 0.600. The number of nitrogens with zero attached hydrogens (tertiary/aromatic N) is 3. The number of halogens is 3. The highest BCUT2D eigenvalue weighted by molar-refractivity contribution is 5.09. The van der Waals surface area contributed by atoms with E-state index in [9.17, 15) is 13.2 Å². The molecule has 1 rings (SSSR count). The van der Waals surface area contributed by atoms with Crippen LogP contribution in [0.5, 0.6) is 0 Å². The molecule has 0 amide bonds. The molecule has 0 saturated carbocycles. The van der Waals surface area contributed by atoms with E-state index in [2.05, 4.69) is 10.1 Å². The maximum atomic E-state index is 11.7. The van der Waals surface area contributed by atoms with Crippen molar-refractivity contribution >= 4 is 5.95 Å². The van der Waals surface area contributed by atoms with Crippen molar-refractivity contribution in [2.45, 2.75) is 19.1 Å². The molecule has 4 nitrogen and oxygen atoms in total. The lowest BCUT2D eigenvalue weighted by Crippen LogP contribution is -2.12. The fourth-order valence-corrected chi connectivity index (χ4v) is 0.658. The van der Waals surface area contributed by atoms with Crippen LogP contribution in [0.15, 0.2) is 6.33 Å². The molecule has 1 aromatic rings. The van der Waals surface area contributed by atoms with Crippen LogP contribution in [0.4, 0.5) is 19.1 Å². The van der Waals surface area contributed by atoms with Gasteiger partial charge in [-0.2, -0.15) is 13.2 Å². The lowest BCUT2D eigenvalue weighted by atomic mass is 10.4. The molecular weight excluding hydrogens is 173 g/mol. The molecular formula is C5H7F3N4. The molecule has 0 radical (unpaired) electrons. The zero-order chi connectivity index (χ0) is 9.19. The van der Waals surface area contributed by atoms with Crippen LogP contribution in [0.1, 0.15) is 6.42 Å². The maximum Gasteiger partial charge on any atom is 0.390 e. The minimum atomic E-state index is -4.17. The Morgan fingerprint density at radius 2 is 2.17 bits per heavy atom. The van der Waals surface area contributed by atoms with Crippen molar-refractivity contribution in [3.05, 3.63) is 6.33 Å². The molecule has 12 heavy (non-hydrogen) atoms. The summed E-state index contributed by atoms with van der Waals surface area (Å²) in [5.74, 6) is -0.0165. The number of alkyl halides is 3. The van der Waals surface area contributed by atoms with E-state index in [-0.39, 0.29) is 12.5 Å². The third-order valence-electron chi connectivity index (χ3n) is 1.18. The number of aryl methyl sites for hydroxylation is 1. The molecule has 0 aliphatic rings. The third-order valence-corrected chi connectivity index (χ3v) is 1.18. The Kier molecular flexibility index (Phi) is 2.20. The van der Waals surface area contributed by atoms with Crippen LogP contribution in [0.25, 0.3) is 0 Å². The van der Waals surface area contributed by atoms with Gasteiger partial charge in [-0.1, -0.05) is 0 Å². The van der Waals surface area contributed by atoms with Crippen LogP contribution in [0.3, 0.4) is 0 Å². The van der Waals surface area contributed by atoms with E-state index in [1.807, 2.05) is 0 Å². The quantitative estimate of drug-likeness (QED) is 0.732. The van der Waals surface area contributed by atoms with Gasteiger partial charge in [0.15, 0.2) is 0 Å². The first-order valence-corrected chi connectivity index (χ1v) is 3.19. The average molecular weight is 180 g/mol. The van der Waals surface area contributed by atoms with Crippen LogP contribution in [0.2, 0.25) is 0 Å². The SMILES string of the molecule is Nc1ncn(CCC(F)(F)F)n1. The topological polar surface area (TPSA) is 56.7 Å². The number of rotatable bonds is 2. The van der Waals surface area contributed by atoms with E-state index in [0.717, 1.165) is 4.68 Å². The zero-order valence-electron chi connectivity index (χ0n) is 6.04. The Labute approximate surface area is 66.2 Å². The Morgan fingerprint density at radius 1 is 1.50 bits per heavy atom. The summed E-state index contributed by atoms with van der Waals surface area (Å²) in [6.07, 6.45) is -3.92.